The molecule has 0 aliphatic heterocycles. The molecule has 0 aromatic carbocycles. The Balaban J connectivity index is 4.28. The first-order chi connectivity index (χ1) is 9.47. The lowest BCUT2D eigenvalue weighted by molar-refractivity contribution is -0.128. The van der Waals surface area contributed by atoms with Crippen molar-refractivity contribution in [3.05, 3.63) is 0 Å². The Hall–Kier alpha value is -1.26. The molecule has 0 saturated heterocycles. The van der Waals surface area contributed by atoms with Crippen molar-refractivity contribution in [3.63, 3.8) is 0 Å². The highest BCUT2D eigenvalue weighted by atomic mass is 16.2. The van der Waals surface area contributed by atoms with E-state index in [-0.39, 0.29) is 5.91 Å². The largest absolute Gasteiger partial charge is 0.359 e. The summed E-state index contributed by atoms with van der Waals surface area (Å²) >= 11 is 0. The van der Waals surface area contributed by atoms with E-state index < -0.39 is 5.41 Å². The van der Waals surface area contributed by atoms with Crippen molar-refractivity contribution in [3.8, 4) is 0 Å². The van der Waals surface area contributed by atoms with E-state index in [0.29, 0.717) is 6.54 Å². The zero-order chi connectivity index (χ0) is 15.4. The van der Waals surface area contributed by atoms with Crippen molar-refractivity contribution in [1.29, 1.82) is 0 Å². The van der Waals surface area contributed by atoms with Gasteiger partial charge in [0.15, 0.2) is 5.96 Å². The lowest BCUT2D eigenvalue weighted by atomic mass is 9.93. The molecule has 0 aromatic heterocycles. The molecule has 5 nitrogen and oxygen atoms in total. The standard InChI is InChI=1S/C15H32N4O/c1-6-8-9-10-11-18-14(17-7-2)19-12-15(3,4)13(20)16-5/h6-12H2,1-5H3,(H,16,20)(H2,17,18,19). The van der Waals surface area contributed by atoms with E-state index in [4.69, 9.17) is 0 Å². The van der Waals surface area contributed by atoms with Crippen molar-refractivity contribution in [2.75, 3.05) is 26.7 Å². The molecule has 0 saturated carbocycles. The second kappa shape index (κ2) is 10.5. The van der Waals surface area contributed by atoms with E-state index >= 15 is 0 Å². The molecule has 0 rings (SSSR count). The maximum atomic E-state index is 11.7. The minimum Gasteiger partial charge on any atom is -0.359 e. The van der Waals surface area contributed by atoms with E-state index in [1.165, 1.54) is 19.3 Å². The van der Waals surface area contributed by atoms with Gasteiger partial charge in [-0.2, -0.15) is 0 Å². The molecule has 118 valence electrons. The molecule has 0 heterocycles. The number of guanidine groups is 1. The lowest BCUT2D eigenvalue weighted by Gasteiger charge is -2.21. The van der Waals surface area contributed by atoms with Gasteiger partial charge < -0.3 is 16.0 Å². The normalized spacial score (nSPS) is 12.2. The molecular weight excluding hydrogens is 252 g/mol. The first kappa shape index (κ1) is 18.7. The number of rotatable bonds is 9. The van der Waals surface area contributed by atoms with Gasteiger partial charge in [0, 0.05) is 20.1 Å². The first-order valence-electron chi connectivity index (χ1n) is 7.72. The predicted octanol–water partition coefficient (Wildman–Crippen LogP) is 1.89. The summed E-state index contributed by atoms with van der Waals surface area (Å²) in [6.45, 7) is 10.3. The summed E-state index contributed by atoms with van der Waals surface area (Å²) in [5.41, 5.74) is -0.487. The van der Waals surface area contributed by atoms with Crippen LogP contribution >= 0.6 is 0 Å². The van der Waals surface area contributed by atoms with Crippen LogP contribution < -0.4 is 16.0 Å². The van der Waals surface area contributed by atoms with Crippen LogP contribution in [0.25, 0.3) is 0 Å². The van der Waals surface area contributed by atoms with Crippen LogP contribution in [-0.2, 0) is 4.79 Å². The molecule has 0 fully saturated rings. The molecule has 1 amide bonds. The molecule has 0 spiro atoms. The fraction of sp³-hybridized carbons (Fsp3) is 0.867. The number of aliphatic imine (C=N–C) groups is 1. The topological polar surface area (TPSA) is 65.5 Å². The van der Waals surface area contributed by atoms with Crippen LogP contribution in [0.3, 0.4) is 0 Å². The van der Waals surface area contributed by atoms with Crippen LogP contribution in [0.4, 0.5) is 0 Å². The van der Waals surface area contributed by atoms with Gasteiger partial charge in [0.25, 0.3) is 0 Å². The number of nitrogens with one attached hydrogen (secondary N) is 3. The molecule has 0 unspecified atom stereocenters. The van der Waals surface area contributed by atoms with Gasteiger partial charge >= 0.3 is 0 Å². The van der Waals surface area contributed by atoms with Gasteiger partial charge in [-0.1, -0.05) is 26.2 Å². The highest BCUT2D eigenvalue weighted by Crippen LogP contribution is 2.15. The van der Waals surface area contributed by atoms with Crippen LogP contribution in [0, 0.1) is 5.41 Å². The first-order valence-corrected chi connectivity index (χ1v) is 7.72. The van der Waals surface area contributed by atoms with Crippen LogP contribution in [0.2, 0.25) is 0 Å². The molecular formula is C15H32N4O. The zero-order valence-electron chi connectivity index (χ0n) is 13.8. The molecule has 0 bridgehead atoms. The molecule has 3 N–H and O–H groups in total. The number of amides is 1. The molecule has 0 atom stereocenters. The molecule has 0 aliphatic carbocycles. The van der Waals surface area contributed by atoms with Crippen LogP contribution in [0.15, 0.2) is 4.99 Å². The van der Waals surface area contributed by atoms with Gasteiger partial charge in [-0.25, -0.2) is 0 Å². The van der Waals surface area contributed by atoms with Crippen molar-refractivity contribution in [1.82, 2.24) is 16.0 Å². The highest BCUT2D eigenvalue weighted by Gasteiger charge is 2.26. The number of carbonyl (C=O) groups excluding carboxylic acids is 1. The van der Waals surface area contributed by atoms with E-state index in [1.54, 1.807) is 7.05 Å². The fourth-order valence-corrected chi connectivity index (χ4v) is 1.79. The quantitative estimate of drug-likeness (QED) is 0.344. The van der Waals surface area contributed by atoms with Gasteiger partial charge in [-0.15, -0.1) is 0 Å². The van der Waals surface area contributed by atoms with Crippen LogP contribution in [0.5, 0.6) is 0 Å². The van der Waals surface area contributed by atoms with Crippen molar-refractivity contribution < 1.29 is 4.79 Å². The summed E-state index contributed by atoms with van der Waals surface area (Å²) in [5, 5.41) is 9.20. The Kier molecular flexibility index (Phi) is 9.86. The third-order valence-corrected chi connectivity index (χ3v) is 3.14. The van der Waals surface area contributed by atoms with Crippen LogP contribution in [-0.4, -0.2) is 38.5 Å². The van der Waals surface area contributed by atoms with Gasteiger partial charge in [0.1, 0.15) is 0 Å². The van der Waals surface area contributed by atoms with Crippen molar-refractivity contribution >= 4 is 11.9 Å². The maximum Gasteiger partial charge on any atom is 0.227 e. The SMILES string of the molecule is CCCCCCNC(=NCC(C)(C)C(=O)NC)NCC. The molecule has 20 heavy (non-hydrogen) atoms. The third-order valence-electron chi connectivity index (χ3n) is 3.14. The number of carbonyl (C=O) groups is 1. The predicted molar refractivity (Wildman–Crippen MR) is 86.0 cm³/mol. The summed E-state index contributed by atoms with van der Waals surface area (Å²) in [6, 6.07) is 0. The number of unbranched alkanes of at least 4 members (excludes halogenated alkanes) is 3. The number of hydrogen-bond donors (Lipinski definition) is 3. The minimum atomic E-state index is -0.487. The Bertz CT molecular complexity index is 300. The average molecular weight is 284 g/mol. The molecule has 0 radical (unpaired) electrons. The fourth-order valence-electron chi connectivity index (χ4n) is 1.79. The van der Waals surface area contributed by atoms with E-state index in [0.717, 1.165) is 25.5 Å². The van der Waals surface area contributed by atoms with Crippen molar-refractivity contribution in [2.45, 2.75) is 53.4 Å². The smallest absolute Gasteiger partial charge is 0.227 e. The zero-order valence-corrected chi connectivity index (χ0v) is 13.8. The summed E-state index contributed by atoms with van der Waals surface area (Å²) in [4.78, 5) is 16.2. The summed E-state index contributed by atoms with van der Waals surface area (Å²) in [5.74, 6) is 0.807. The second-order valence-corrected chi connectivity index (χ2v) is 5.65. The summed E-state index contributed by atoms with van der Waals surface area (Å²) in [7, 11) is 1.66. The van der Waals surface area contributed by atoms with Crippen molar-refractivity contribution in [2.24, 2.45) is 10.4 Å². The monoisotopic (exact) mass is 284 g/mol. The molecule has 5 heteroatoms. The Morgan fingerprint density at radius 1 is 1.10 bits per heavy atom. The Labute approximate surface area is 124 Å². The molecule has 0 aliphatic rings. The highest BCUT2D eigenvalue weighted by molar-refractivity contribution is 5.83. The van der Waals surface area contributed by atoms with Crippen LogP contribution in [0.1, 0.15) is 53.4 Å². The van der Waals surface area contributed by atoms with Gasteiger partial charge in [0.05, 0.1) is 12.0 Å². The van der Waals surface area contributed by atoms with E-state index in [2.05, 4.69) is 27.9 Å². The Morgan fingerprint density at radius 2 is 1.80 bits per heavy atom. The average Bonchev–Trinajstić information content (AvgIpc) is 2.43. The Morgan fingerprint density at radius 3 is 2.35 bits per heavy atom. The lowest BCUT2D eigenvalue weighted by Crippen LogP contribution is -2.41. The van der Waals surface area contributed by atoms with Gasteiger partial charge in [-0.3, -0.25) is 9.79 Å². The summed E-state index contributed by atoms with van der Waals surface area (Å²) < 4.78 is 0. The third kappa shape index (κ3) is 8.02. The van der Waals surface area contributed by atoms with Gasteiger partial charge in [0.2, 0.25) is 5.91 Å². The number of nitrogens with zero attached hydrogens (tertiary/aromatic N) is 1. The van der Waals surface area contributed by atoms with Gasteiger partial charge in [-0.05, 0) is 27.2 Å². The van der Waals surface area contributed by atoms with E-state index in [9.17, 15) is 4.79 Å². The minimum absolute atomic E-state index is 0.0139. The summed E-state index contributed by atoms with van der Waals surface area (Å²) in [6.07, 6.45) is 4.91. The number of hydrogen-bond acceptors (Lipinski definition) is 2. The van der Waals surface area contributed by atoms with E-state index in [1.807, 2.05) is 20.8 Å². The molecule has 0 aromatic rings. The maximum absolute atomic E-state index is 11.7. The second-order valence-electron chi connectivity index (χ2n) is 5.65.